The van der Waals surface area contributed by atoms with E-state index < -0.39 is 0 Å². The third kappa shape index (κ3) is 3.41. The molecule has 8 nitrogen and oxygen atoms in total. The molecule has 0 aliphatic heterocycles. The van der Waals surface area contributed by atoms with Crippen molar-refractivity contribution in [3.63, 3.8) is 0 Å². The van der Waals surface area contributed by atoms with Crippen molar-refractivity contribution >= 4 is 16.9 Å². The predicted molar refractivity (Wildman–Crippen MR) is 114 cm³/mol. The summed E-state index contributed by atoms with van der Waals surface area (Å²) in [5, 5.41) is 9.45. The molecule has 0 saturated carbocycles. The van der Waals surface area contributed by atoms with Crippen molar-refractivity contribution in [2.75, 3.05) is 14.2 Å². The van der Waals surface area contributed by atoms with E-state index in [0.717, 1.165) is 28.1 Å². The van der Waals surface area contributed by atoms with E-state index in [4.69, 9.17) is 9.72 Å². The average molecular weight is 404 g/mol. The van der Waals surface area contributed by atoms with Crippen LogP contribution in [0.15, 0.2) is 42.6 Å². The molecule has 3 aromatic heterocycles. The molecule has 30 heavy (non-hydrogen) atoms. The Morgan fingerprint density at radius 3 is 2.50 bits per heavy atom. The van der Waals surface area contributed by atoms with Gasteiger partial charge in [0.2, 0.25) is 0 Å². The number of hydrogen-bond donors (Lipinski definition) is 0. The van der Waals surface area contributed by atoms with Crippen LogP contribution in [0.4, 0.5) is 0 Å². The second kappa shape index (κ2) is 7.62. The molecule has 4 rings (SSSR count). The molecule has 0 radical (unpaired) electrons. The van der Waals surface area contributed by atoms with E-state index in [1.165, 1.54) is 0 Å². The standard InChI is InChI=1S/C22H24N6O2/c1-14-20-18(22(29)26(2)13-16-10-11-23-27(16)3)12-19(24-21(20)28(4)25-14)15-6-8-17(30-5)9-7-15/h6-12H,13H2,1-5H3. The van der Waals surface area contributed by atoms with Crippen LogP contribution < -0.4 is 4.74 Å². The number of pyridine rings is 1. The van der Waals surface area contributed by atoms with Gasteiger partial charge >= 0.3 is 0 Å². The lowest BCUT2D eigenvalue weighted by atomic mass is 10.0. The molecular formula is C22H24N6O2. The summed E-state index contributed by atoms with van der Waals surface area (Å²) in [6.07, 6.45) is 1.73. The van der Waals surface area contributed by atoms with Gasteiger partial charge in [-0.2, -0.15) is 10.2 Å². The van der Waals surface area contributed by atoms with Crippen molar-refractivity contribution in [2.24, 2.45) is 14.1 Å². The predicted octanol–water partition coefficient (Wildman–Crippen LogP) is 2.96. The second-order valence-corrected chi connectivity index (χ2v) is 7.30. The number of amides is 1. The molecule has 0 fully saturated rings. The van der Waals surface area contributed by atoms with Crippen LogP contribution in [0.5, 0.6) is 5.75 Å². The maximum absolute atomic E-state index is 13.5. The molecule has 8 heteroatoms. The van der Waals surface area contributed by atoms with Crippen molar-refractivity contribution < 1.29 is 9.53 Å². The van der Waals surface area contributed by atoms with E-state index in [0.29, 0.717) is 23.4 Å². The van der Waals surface area contributed by atoms with Crippen LogP contribution in [0.3, 0.4) is 0 Å². The van der Waals surface area contributed by atoms with Gasteiger partial charge in [0, 0.05) is 32.9 Å². The first kappa shape index (κ1) is 19.6. The Bertz CT molecular complexity index is 1220. The summed E-state index contributed by atoms with van der Waals surface area (Å²) in [6, 6.07) is 11.4. The zero-order chi connectivity index (χ0) is 21.4. The number of hydrogen-bond acceptors (Lipinski definition) is 5. The Morgan fingerprint density at radius 2 is 1.87 bits per heavy atom. The number of rotatable bonds is 5. The van der Waals surface area contributed by atoms with Crippen molar-refractivity contribution in [1.29, 1.82) is 0 Å². The Labute approximate surface area is 174 Å². The molecular weight excluding hydrogens is 380 g/mol. The smallest absolute Gasteiger partial charge is 0.254 e. The van der Waals surface area contributed by atoms with E-state index in [1.807, 2.05) is 57.4 Å². The quantitative estimate of drug-likeness (QED) is 0.511. The van der Waals surface area contributed by atoms with Gasteiger partial charge in [-0.15, -0.1) is 0 Å². The molecule has 0 N–H and O–H groups in total. The molecule has 1 amide bonds. The first-order chi connectivity index (χ1) is 14.4. The largest absolute Gasteiger partial charge is 0.497 e. The minimum atomic E-state index is -0.0885. The van der Waals surface area contributed by atoms with Crippen LogP contribution in [0.2, 0.25) is 0 Å². The Kier molecular flexibility index (Phi) is 4.99. The summed E-state index contributed by atoms with van der Waals surface area (Å²) in [5.74, 6) is 0.679. The van der Waals surface area contributed by atoms with E-state index in [2.05, 4.69) is 10.2 Å². The molecule has 4 aromatic rings. The zero-order valence-electron chi connectivity index (χ0n) is 17.7. The SMILES string of the molecule is COc1ccc(-c2cc(C(=O)N(C)Cc3ccnn3C)c3c(C)nn(C)c3n2)cc1. The fraction of sp³-hybridized carbons (Fsp3) is 0.273. The number of benzene rings is 1. The number of aryl methyl sites for hydroxylation is 3. The molecule has 3 heterocycles. The van der Waals surface area contributed by atoms with Gasteiger partial charge in [-0.1, -0.05) is 0 Å². The molecule has 154 valence electrons. The molecule has 0 atom stereocenters. The minimum Gasteiger partial charge on any atom is -0.497 e. The van der Waals surface area contributed by atoms with Crippen molar-refractivity contribution in [3.05, 3.63) is 59.5 Å². The summed E-state index contributed by atoms with van der Waals surface area (Å²) in [6.45, 7) is 2.35. The summed E-state index contributed by atoms with van der Waals surface area (Å²) < 4.78 is 8.73. The van der Waals surface area contributed by atoms with E-state index >= 15 is 0 Å². The van der Waals surface area contributed by atoms with E-state index in [9.17, 15) is 4.79 Å². The van der Waals surface area contributed by atoms with Crippen molar-refractivity contribution in [3.8, 4) is 17.0 Å². The summed E-state index contributed by atoms with van der Waals surface area (Å²) in [4.78, 5) is 19.9. The van der Waals surface area contributed by atoms with Gasteiger partial charge in [-0.25, -0.2) is 4.98 Å². The van der Waals surface area contributed by atoms with Crippen LogP contribution in [0, 0.1) is 6.92 Å². The van der Waals surface area contributed by atoms with E-state index in [1.54, 1.807) is 34.6 Å². The normalized spacial score (nSPS) is 11.1. The fourth-order valence-electron chi connectivity index (χ4n) is 3.60. The highest BCUT2D eigenvalue weighted by molar-refractivity contribution is 6.07. The number of aromatic nitrogens is 5. The van der Waals surface area contributed by atoms with Gasteiger partial charge in [0.05, 0.1) is 41.7 Å². The molecule has 0 unspecified atom stereocenters. The van der Waals surface area contributed by atoms with Gasteiger partial charge in [-0.05, 0) is 43.3 Å². The second-order valence-electron chi connectivity index (χ2n) is 7.30. The Morgan fingerprint density at radius 1 is 1.13 bits per heavy atom. The summed E-state index contributed by atoms with van der Waals surface area (Å²) >= 11 is 0. The lowest BCUT2D eigenvalue weighted by Gasteiger charge is -2.18. The van der Waals surface area contributed by atoms with Gasteiger partial charge in [0.15, 0.2) is 5.65 Å². The summed E-state index contributed by atoms with van der Waals surface area (Å²) in [7, 11) is 7.13. The lowest BCUT2D eigenvalue weighted by Crippen LogP contribution is -2.27. The number of fused-ring (bicyclic) bond motifs is 1. The number of carbonyl (C=O) groups excluding carboxylic acids is 1. The van der Waals surface area contributed by atoms with Gasteiger partial charge in [0.25, 0.3) is 5.91 Å². The van der Waals surface area contributed by atoms with Crippen LogP contribution in [0.25, 0.3) is 22.3 Å². The van der Waals surface area contributed by atoms with Crippen molar-refractivity contribution in [1.82, 2.24) is 29.4 Å². The minimum absolute atomic E-state index is 0.0885. The molecule has 0 aliphatic carbocycles. The Balaban J connectivity index is 1.80. The highest BCUT2D eigenvalue weighted by Gasteiger charge is 2.22. The maximum Gasteiger partial charge on any atom is 0.254 e. The van der Waals surface area contributed by atoms with Gasteiger partial charge in [-0.3, -0.25) is 14.2 Å². The monoisotopic (exact) mass is 404 g/mol. The first-order valence-electron chi connectivity index (χ1n) is 9.60. The van der Waals surface area contributed by atoms with Crippen LogP contribution in [0.1, 0.15) is 21.7 Å². The Hall–Kier alpha value is -3.68. The molecule has 0 saturated heterocycles. The van der Waals surface area contributed by atoms with Crippen LogP contribution in [-0.2, 0) is 20.6 Å². The van der Waals surface area contributed by atoms with Crippen molar-refractivity contribution in [2.45, 2.75) is 13.5 Å². The molecule has 0 bridgehead atoms. The average Bonchev–Trinajstić information content (AvgIpc) is 3.28. The first-order valence-corrected chi connectivity index (χ1v) is 9.60. The van der Waals surface area contributed by atoms with E-state index in [-0.39, 0.29) is 5.91 Å². The van der Waals surface area contributed by atoms with Gasteiger partial charge in [0.1, 0.15) is 5.75 Å². The van der Waals surface area contributed by atoms with Crippen LogP contribution >= 0.6 is 0 Å². The highest BCUT2D eigenvalue weighted by atomic mass is 16.5. The molecule has 1 aromatic carbocycles. The highest BCUT2D eigenvalue weighted by Crippen LogP contribution is 2.28. The topological polar surface area (TPSA) is 78.1 Å². The molecule has 0 spiro atoms. The van der Waals surface area contributed by atoms with Crippen LogP contribution in [-0.4, -0.2) is 49.5 Å². The maximum atomic E-state index is 13.5. The fourth-order valence-corrected chi connectivity index (χ4v) is 3.60. The lowest BCUT2D eigenvalue weighted by molar-refractivity contribution is 0.0784. The number of methoxy groups -OCH3 is 1. The number of carbonyl (C=O) groups is 1. The summed E-state index contributed by atoms with van der Waals surface area (Å²) in [5.41, 5.74) is 4.61. The zero-order valence-corrected chi connectivity index (χ0v) is 17.7. The number of nitrogens with zero attached hydrogens (tertiary/aromatic N) is 6. The number of ether oxygens (including phenoxy) is 1. The third-order valence-corrected chi connectivity index (χ3v) is 5.25. The third-order valence-electron chi connectivity index (χ3n) is 5.25. The molecule has 0 aliphatic rings. The van der Waals surface area contributed by atoms with Gasteiger partial charge < -0.3 is 9.64 Å².